The molecule has 126 valence electrons. The number of nitrogens with zero attached hydrogens (tertiary/aromatic N) is 1. The van der Waals surface area contributed by atoms with Gasteiger partial charge in [0, 0.05) is 18.8 Å². The Labute approximate surface area is 132 Å². The van der Waals surface area contributed by atoms with Crippen LogP contribution in [0, 0.1) is 0 Å². The number of allylic oxidation sites excluding steroid dienone is 1. The first-order valence-electron chi connectivity index (χ1n) is 7.63. The summed E-state index contributed by atoms with van der Waals surface area (Å²) < 4.78 is 5.76. The number of hydrogen-bond acceptors (Lipinski definition) is 5. The van der Waals surface area contributed by atoms with Crippen LogP contribution < -0.4 is 5.11 Å². The van der Waals surface area contributed by atoms with Gasteiger partial charge >= 0.3 is 5.97 Å². The van der Waals surface area contributed by atoms with E-state index < -0.39 is 12.1 Å². The van der Waals surface area contributed by atoms with E-state index in [4.69, 9.17) is 4.74 Å². The van der Waals surface area contributed by atoms with Crippen LogP contribution in [0.15, 0.2) is 6.08 Å². The van der Waals surface area contributed by atoms with Crippen molar-refractivity contribution in [1.29, 1.82) is 0 Å². The van der Waals surface area contributed by atoms with Gasteiger partial charge in [0.15, 0.2) is 6.10 Å². The first-order valence-corrected chi connectivity index (χ1v) is 7.63. The van der Waals surface area contributed by atoms with Crippen LogP contribution in [0.1, 0.15) is 44.9 Å². The fourth-order valence-electron chi connectivity index (χ4n) is 2.11. The Morgan fingerprint density at radius 3 is 2.36 bits per heavy atom. The van der Waals surface area contributed by atoms with Crippen LogP contribution in [0.4, 0.5) is 0 Å². The van der Waals surface area contributed by atoms with Crippen molar-refractivity contribution in [3.8, 4) is 0 Å². The average Bonchev–Trinajstić information content (AvgIpc) is 2.34. The van der Waals surface area contributed by atoms with Crippen molar-refractivity contribution < 1.29 is 28.7 Å². The Balaban J connectivity index is 4.01. The lowest BCUT2D eigenvalue weighted by atomic mass is 10.1. The summed E-state index contributed by atoms with van der Waals surface area (Å²) in [5.41, 5.74) is 0. The highest BCUT2D eigenvalue weighted by Crippen LogP contribution is 2.10. The van der Waals surface area contributed by atoms with Crippen molar-refractivity contribution in [3.05, 3.63) is 6.08 Å². The van der Waals surface area contributed by atoms with E-state index in [9.17, 15) is 19.5 Å². The summed E-state index contributed by atoms with van der Waals surface area (Å²) in [6, 6.07) is 0. The number of hydrogen-bond donors (Lipinski definition) is 0. The summed E-state index contributed by atoms with van der Waals surface area (Å²) in [4.78, 5) is 32.5. The highest BCUT2D eigenvalue weighted by atomic mass is 16.5. The lowest BCUT2D eigenvalue weighted by molar-refractivity contribution is -0.873. The van der Waals surface area contributed by atoms with E-state index in [1.165, 1.54) is 6.08 Å². The minimum absolute atomic E-state index is 0.278. The fourth-order valence-corrected chi connectivity index (χ4v) is 2.11. The number of rotatable bonds is 12. The molecule has 0 aliphatic carbocycles. The zero-order valence-corrected chi connectivity index (χ0v) is 13.8. The second kappa shape index (κ2) is 11.0. The van der Waals surface area contributed by atoms with Crippen LogP contribution in [-0.2, 0) is 19.1 Å². The number of likely N-dealkylation sites (N-methyl/N-ethyl adjacent to an activating group) is 1. The zero-order valence-electron chi connectivity index (χ0n) is 13.8. The van der Waals surface area contributed by atoms with E-state index in [0.717, 1.165) is 19.3 Å². The summed E-state index contributed by atoms with van der Waals surface area (Å²) in [6.07, 6.45) is 4.94. The molecule has 0 aliphatic rings. The number of esters is 1. The Kier molecular flexibility index (Phi) is 10.2. The molecule has 6 heteroatoms. The average molecular weight is 313 g/mol. The summed E-state index contributed by atoms with van der Waals surface area (Å²) in [6.45, 7) is 0.428. The normalized spacial score (nSPS) is 12.3. The molecular formula is C16H27NO5. The molecule has 0 fully saturated rings. The summed E-state index contributed by atoms with van der Waals surface area (Å²) >= 11 is 0. The lowest BCUT2D eigenvalue weighted by Gasteiger charge is -2.29. The van der Waals surface area contributed by atoms with Gasteiger partial charge in [0.25, 0.3) is 0 Å². The van der Waals surface area contributed by atoms with Gasteiger partial charge in [-0.3, -0.25) is 4.79 Å². The summed E-state index contributed by atoms with van der Waals surface area (Å²) in [5.74, 6) is 0.147. The molecule has 1 atom stereocenters. The number of carboxylic acid groups (broad SMARTS) is 1. The van der Waals surface area contributed by atoms with E-state index in [2.05, 4.69) is 0 Å². The maximum Gasteiger partial charge on any atom is 0.306 e. The maximum atomic E-state index is 11.8. The molecule has 0 aliphatic heterocycles. The van der Waals surface area contributed by atoms with Crippen LogP contribution in [-0.4, -0.2) is 56.2 Å². The number of aliphatic carboxylic acids is 1. The first-order chi connectivity index (χ1) is 10.2. The SMILES string of the molecule is C[N+](C)(C)CC(CC(=O)[O-])OC(=O)CCCCCCC=C=O. The second-order valence-electron chi connectivity index (χ2n) is 6.44. The van der Waals surface area contributed by atoms with E-state index in [1.54, 1.807) is 5.94 Å². The molecule has 0 aromatic carbocycles. The van der Waals surface area contributed by atoms with Gasteiger partial charge in [0.05, 0.1) is 21.1 Å². The molecule has 0 aromatic rings. The maximum absolute atomic E-state index is 11.8. The molecular weight excluding hydrogens is 286 g/mol. The van der Waals surface area contributed by atoms with E-state index >= 15 is 0 Å². The third kappa shape index (κ3) is 13.3. The molecule has 0 aromatic heterocycles. The van der Waals surface area contributed by atoms with Crippen LogP contribution in [0.2, 0.25) is 0 Å². The summed E-state index contributed by atoms with van der Waals surface area (Å²) in [5, 5.41) is 10.7. The highest BCUT2D eigenvalue weighted by molar-refractivity contribution is 5.70. The quantitative estimate of drug-likeness (QED) is 0.226. The molecule has 0 saturated heterocycles. The van der Waals surface area contributed by atoms with Gasteiger partial charge in [0.1, 0.15) is 12.5 Å². The van der Waals surface area contributed by atoms with Gasteiger partial charge in [-0.05, 0) is 25.3 Å². The van der Waals surface area contributed by atoms with Gasteiger partial charge < -0.3 is 19.1 Å². The predicted octanol–water partition coefficient (Wildman–Crippen LogP) is 0.473. The standard InChI is InChI=1S/C16H27NO5/c1-17(2,3)13-14(12-15(19)20)22-16(21)10-8-6-4-5-7-9-11-18/h9,14H,4-8,10,12-13H2,1-3H3. The molecule has 1 unspecified atom stereocenters. The van der Waals surface area contributed by atoms with Gasteiger partial charge in [-0.1, -0.05) is 12.8 Å². The number of carbonyl (C=O) groups excluding carboxylic acids is 3. The molecule has 0 spiro atoms. The largest absolute Gasteiger partial charge is 0.550 e. The second-order valence-corrected chi connectivity index (χ2v) is 6.44. The molecule has 6 nitrogen and oxygen atoms in total. The van der Waals surface area contributed by atoms with E-state index in [0.29, 0.717) is 23.9 Å². The third-order valence-corrected chi connectivity index (χ3v) is 3.01. The number of unbranched alkanes of at least 4 members (excludes halogenated alkanes) is 4. The smallest absolute Gasteiger partial charge is 0.306 e. The fraction of sp³-hybridized carbons (Fsp3) is 0.750. The third-order valence-electron chi connectivity index (χ3n) is 3.01. The molecule has 0 saturated carbocycles. The van der Waals surface area contributed by atoms with E-state index in [-0.39, 0.29) is 18.8 Å². The minimum atomic E-state index is -1.21. The van der Waals surface area contributed by atoms with Crippen LogP contribution in [0.25, 0.3) is 0 Å². The van der Waals surface area contributed by atoms with Crippen LogP contribution in [0.3, 0.4) is 0 Å². The molecule has 0 N–H and O–H groups in total. The van der Waals surface area contributed by atoms with E-state index in [1.807, 2.05) is 21.1 Å². The molecule has 0 heterocycles. The van der Waals surface area contributed by atoms with Crippen molar-refractivity contribution in [2.45, 2.75) is 51.0 Å². The minimum Gasteiger partial charge on any atom is -0.550 e. The molecule has 22 heavy (non-hydrogen) atoms. The lowest BCUT2D eigenvalue weighted by Crippen LogP contribution is -2.45. The van der Waals surface area contributed by atoms with Crippen molar-refractivity contribution in [2.75, 3.05) is 27.7 Å². The topological polar surface area (TPSA) is 83.5 Å². The van der Waals surface area contributed by atoms with Gasteiger partial charge in [-0.25, -0.2) is 4.79 Å². The number of carboxylic acids is 1. The number of carbonyl (C=O) groups is 2. The van der Waals surface area contributed by atoms with Crippen LogP contribution in [0.5, 0.6) is 0 Å². The molecule has 0 bridgehead atoms. The Morgan fingerprint density at radius 1 is 1.18 bits per heavy atom. The molecule has 0 rings (SSSR count). The monoisotopic (exact) mass is 313 g/mol. The zero-order chi connectivity index (χ0) is 17.0. The highest BCUT2D eigenvalue weighted by Gasteiger charge is 2.22. The van der Waals surface area contributed by atoms with Crippen LogP contribution >= 0.6 is 0 Å². The van der Waals surface area contributed by atoms with Gasteiger partial charge in [-0.15, -0.1) is 0 Å². The Bertz CT molecular complexity index is 394. The van der Waals surface area contributed by atoms with Crippen molar-refractivity contribution in [2.24, 2.45) is 0 Å². The van der Waals surface area contributed by atoms with Gasteiger partial charge in [0.2, 0.25) is 0 Å². The van der Waals surface area contributed by atoms with Crippen molar-refractivity contribution >= 4 is 17.9 Å². The van der Waals surface area contributed by atoms with Gasteiger partial charge in [-0.2, -0.15) is 0 Å². The first kappa shape index (κ1) is 20.3. The van der Waals surface area contributed by atoms with Crippen molar-refractivity contribution in [1.82, 2.24) is 0 Å². The predicted molar refractivity (Wildman–Crippen MR) is 80.4 cm³/mol. The Hall–Kier alpha value is -1.65. The molecule has 0 radical (unpaired) electrons. The van der Waals surface area contributed by atoms with Crippen molar-refractivity contribution in [3.63, 3.8) is 0 Å². The molecule has 0 amide bonds. The summed E-state index contributed by atoms with van der Waals surface area (Å²) in [7, 11) is 5.72. The number of quaternary nitrogens is 1. The Morgan fingerprint density at radius 2 is 1.82 bits per heavy atom. The number of ether oxygens (including phenoxy) is 1.